The molecule has 19 heavy (non-hydrogen) atoms. The molecule has 0 unspecified atom stereocenters. The minimum atomic E-state index is -0.582. The van der Waals surface area contributed by atoms with Gasteiger partial charge in [0.15, 0.2) is 0 Å². The van der Waals surface area contributed by atoms with Gasteiger partial charge in [-0.25, -0.2) is 4.98 Å². The maximum absolute atomic E-state index is 13.6. The molecule has 2 aromatic rings. The number of benzene rings is 1. The number of hydrogen-bond donors (Lipinski definition) is 1. The number of nitrogens with zero attached hydrogens (tertiary/aromatic N) is 2. The number of aromatic nitrogens is 2. The fourth-order valence-corrected chi connectivity index (χ4v) is 1.87. The number of rotatable bonds is 5. The van der Waals surface area contributed by atoms with Crippen LogP contribution in [0.2, 0.25) is 0 Å². The maximum Gasteiger partial charge on any atom is 0.260 e. The van der Waals surface area contributed by atoms with Gasteiger partial charge in [-0.3, -0.25) is 0 Å². The first kappa shape index (κ1) is 14.0. The Bertz CT molecular complexity index is 565. The fourth-order valence-electron chi connectivity index (χ4n) is 1.38. The van der Waals surface area contributed by atoms with Crippen LogP contribution in [0.5, 0.6) is 11.6 Å². The zero-order chi connectivity index (χ0) is 13.7. The highest BCUT2D eigenvalue weighted by Crippen LogP contribution is 2.27. The Morgan fingerprint density at radius 3 is 2.89 bits per heavy atom. The predicted octanol–water partition coefficient (Wildman–Crippen LogP) is 3.83. The highest BCUT2D eigenvalue weighted by molar-refractivity contribution is 14.1. The molecule has 1 aromatic heterocycles. The van der Waals surface area contributed by atoms with E-state index in [4.69, 9.17) is 4.74 Å². The van der Waals surface area contributed by atoms with Crippen molar-refractivity contribution in [1.82, 2.24) is 9.97 Å². The van der Waals surface area contributed by atoms with Crippen LogP contribution >= 0.6 is 22.6 Å². The third-order valence-corrected chi connectivity index (χ3v) is 3.18. The van der Waals surface area contributed by atoms with Crippen LogP contribution in [0.1, 0.15) is 13.3 Å². The average molecular weight is 373 g/mol. The third-order valence-electron chi connectivity index (χ3n) is 2.29. The van der Waals surface area contributed by atoms with E-state index >= 15 is 0 Å². The van der Waals surface area contributed by atoms with Crippen molar-refractivity contribution in [3.8, 4) is 11.6 Å². The molecule has 6 heteroatoms. The zero-order valence-corrected chi connectivity index (χ0v) is 12.5. The number of ether oxygens (including phenoxy) is 1. The van der Waals surface area contributed by atoms with Gasteiger partial charge in [-0.2, -0.15) is 9.37 Å². The van der Waals surface area contributed by atoms with Crippen LogP contribution in [0.15, 0.2) is 30.5 Å². The Balaban J connectivity index is 2.21. The molecule has 0 fully saturated rings. The van der Waals surface area contributed by atoms with E-state index in [-0.39, 0.29) is 5.88 Å². The normalized spacial score (nSPS) is 10.3. The topological polar surface area (TPSA) is 47.0 Å². The van der Waals surface area contributed by atoms with Crippen LogP contribution in [-0.2, 0) is 0 Å². The third kappa shape index (κ3) is 3.76. The molecule has 0 saturated heterocycles. The molecule has 4 nitrogen and oxygen atoms in total. The van der Waals surface area contributed by atoms with Crippen LogP contribution in [0.25, 0.3) is 0 Å². The van der Waals surface area contributed by atoms with E-state index in [1.165, 1.54) is 0 Å². The van der Waals surface area contributed by atoms with Crippen molar-refractivity contribution >= 4 is 28.5 Å². The van der Waals surface area contributed by atoms with E-state index in [1.807, 2.05) is 25.1 Å². The molecular formula is C13H13FIN3O. The van der Waals surface area contributed by atoms with Crippen molar-refractivity contribution in [2.24, 2.45) is 0 Å². The van der Waals surface area contributed by atoms with Gasteiger partial charge in [0.25, 0.3) is 5.88 Å². The molecule has 0 radical (unpaired) electrons. The Kier molecular flexibility index (Phi) is 4.89. The number of hydrogen-bond acceptors (Lipinski definition) is 4. The Hall–Kier alpha value is -1.44. The van der Waals surface area contributed by atoms with E-state index < -0.39 is 5.82 Å². The standard InChI is InChI=1S/C13H13FIN3O/c1-2-7-16-13-17-8-9(14)12(18-13)19-11-6-4-3-5-10(11)15/h3-6,8H,2,7H2,1H3,(H,16,17,18). The Morgan fingerprint density at radius 1 is 1.37 bits per heavy atom. The molecule has 0 atom stereocenters. The molecule has 0 bridgehead atoms. The molecule has 0 saturated carbocycles. The molecule has 1 N–H and O–H groups in total. The van der Waals surface area contributed by atoms with Crippen molar-refractivity contribution in [2.45, 2.75) is 13.3 Å². The molecule has 2 rings (SSSR count). The summed E-state index contributed by atoms with van der Waals surface area (Å²) in [5.41, 5.74) is 0. The summed E-state index contributed by atoms with van der Waals surface area (Å²) in [7, 11) is 0. The Morgan fingerprint density at radius 2 is 2.16 bits per heavy atom. The molecule has 0 spiro atoms. The quantitative estimate of drug-likeness (QED) is 0.810. The first-order chi connectivity index (χ1) is 9.20. The second-order valence-electron chi connectivity index (χ2n) is 3.81. The minimum absolute atomic E-state index is 0.0716. The molecule has 0 amide bonds. The molecular weight excluding hydrogens is 360 g/mol. The van der Waals surface area contributed by atoms with Crippen LogP contribution in [0.3, 0.4) is 0 Å². The summed E-state index contributed by atoms with van der Waals surface area (Å²) in [5.74, 6) is 0.283. The lowest BCUT2D eigenvalue weighted by molar-refractivity contribution is 0.418. The van der Waals surface area contributed by atoms with Gasteiger partial charge in [-0.05, 0) is 41.1 Å². The number of anilines is 1. The first-order valence-corrected chi connectivity index (χ1v) is 6.97. The van der Waals surface area contributed by atoms with Gasteiger partial charge in [0.2, 0.25) is 11.8 Å². The summed E-state index contributed by atoms with van der Waals surface area (Å²) in [4.78, 5) is 7.88. The summed E-state index contributed by atoms with van der Waals surface area (Å²) >= 11 is 2.12. The monoisotopic (exact) mass is 373 g/mol. The van der Waals surface area contributed by atoms with Gasteiger partial charge >= 0.3 is 0 Å². The lowest BCUT2D eigenvalue weighted by Gasteiger charge is -2.09. The van der Waals surface area contributed by atoms with E-state index in [2.05, 4.69) is 37.9 Å². The van der Waals surface area contributed by atoms with Crippen molar-refractivity contribution in [3.63, 3.8) is 0 Å². The summed E-state index contributed by atoms with van der Waals surface area (Å²) < 4.78 is 20.0. The molecule has 1 aromatic carbocycles. The lowest BCUT2D eigenvalue weighted by Crippen LogP contribution is -2.06. The van der Waals surface area contributed by atoms with Crippen LogP contribution in [-0.4, -0.2) is 16.5 Å². The summed E-state index contributed by atoms with van der Waals surface area (Å²) in [6.45, 7) is 2.76. The summed E-state index contributed by atoms with van der Waals surface area (Å²) in [6.07, 6.45) is 2.05. The van der Waals surface area contributed by atoms with Crippen molar-refractivity contribution in [2.75, 3.05) is 11.9 Å². The number of nitrogens with one attached hydrogen (secondary N) is 1. The first-order valence-electron chi connectivity index (χ1n) is 5.89. The van der Waals surface area contributed by atoms with Gasteiger partial charge in [0, 0.05) is 6.54 Å². The van der Waals surface area contributed by atoms with Gasteiger partial charge in [-0.15, -0.1) is 0 Å². The predicted molar refractivity (Wildman–Crippen MR) is 80.0 cm³/mol. The largest absolute Gasteiger partial charge is 0.435 e. The minimum Gasteiger partial charge on any atom is -0.435 e. The fraction of sp³-hybridized carbons (Fsp3) is 0.231. The Labute approximate surface area is 124 Å². The van der Waals surface area contributed by atoms with E-state index in [9.17, 15) is 4.39 Å². The van der Waals surface area contributed by atoms with E-state index in [0.717, 1.165) is 22.7 Å². The van der Waals surface area contributed by atoms with E-state index in [0.29, 0.717) is 11.7 Å². The number of halogens is 2. The molecule has 0 aliphatic heterocycles. The highest BCUT2D eigenvalue weighted by atomic mass is 127. The lowest BCUT2D eigenvalue weighted by atomic mass is 10.3. The van der Waals surface area contributed by atoms with Crippen LogP contribution in [0.4, 0.5) is 10.3 Å². The molecule has 1 heterocycles. The zero-order valence-electron chi connectivity index (χ0n) is 10.4. The van der Waals surface area contributed by atoms with Crippen LogP contribution < -0.4 is 10.1 Å². The molecule has 100 valence electrons. The maximum atomic E-state index is 13.6. The van der Waals surface area contributed by atoms with Crippen LogP contribution in [0, 0.1) is 9.39 Å². The SMILES string of the molecule is CCCNc1ncc(F)c(Oc2ccccc2I)n1. The van der Waals surface area contributed by atoms with Crippen molar-refractivity contribution in [1.29, 1.82) is 0 Å². The number of para-hydroxylation sites is 1. The summed E-state index contributed by atoms with van der Waals surface area (Å²) in [5, 5.41) is 2.99. The summed E-state index contributed by atoms with van der Waals surface area (Å²) in [6, 6.07) is 7.36. The smallest absolute Gasteiger partial charge is 0.260 e. The molecule has 0 aliphatic carbocycles. The van der Waals surface area contributed by atoms with Gasteiger partial charge in [-0.1, -0.05) is 19.1 Å². The molecule has 0 aliphatic rings. The van der Waals surface area contributed by atoms with Crippen molar-refractivity contribution < 1.29 is 9.13 Å². The van der Waals surface area contributed by atoms with Crippen molar-refractivity contribution in [3.05, 3.63) is 39.8 Å². The second-order valence-corrected chi connectivity index (χ2v) is 4.97. The van der Waals surface area contributed by atoms with Gasteiger partial charge < -0.3 is 10.1 Å². The second kappa shape index (κ2) is 6.65. The highest BCUT2D eigenvalue weighted by Gasteiger charge is 2.10. The van der Waals surface area contributed by atoms with Gasteiger partial charge in [0.05, 0.1) is 9.77 Å². The van der Waals surface area contributed by atoms with E-state index in [1.54, 1.807) is 6.07 Å². The van der Waals surface area contributed by atoms with Gasteiger partial charge in [0.1, 0.15) is 5.75 Å². The average Bonchev–Trinajstić information content (AvgIpc) is 2.42.